The average Bonchev–Trinajstić information content (AvgIpc) is 2.39. The molecule has 0 saturated carbocycles. The van der Waals surface area contributed by atoms with Gasteiger partial charge in [0.1, 0.15) is 17.0 Å². The summed E-state index contributed by atoms with van der Waals surface area (Å²) in [6, 6.07) is 4.37. The Bertz CT molecular complexity index is 527. The number of carbonyl (C=O) groups is 1. The number of hydrogen-bond donors (Lipinski definition) is 1. The average molecular weight is 282 g/mol. The Labute approximate surface area is 116 Å². The van der Waals surface area contributed by atoms with Crippen LogP contribution in [0.4, 0.5) is 11.4 Å². The lowest BCUT2D eigenvalue weighted by Gasteiger charge is -2.35. The summed E-state index contributed by atoms with van der Waals surface area (Å²) in [7, 11) is 1.41. The van der Waals surface area contributed by atoms with Gasteiger partial charge in [-0.25, -0.2) is 4.79 Å². The van der Waals surface area contributed by atoms with Crippen molar-refractivity contribution in [3.05, 3.63) is 28.3 Å². The number of methoxy groups -OCH3 is 1. The zero-order chi connectivity index (χ0) is 15.5. The van der Waals surface area contributed by atoms with Crippen LogP contribution in [0.3, 0.4) is 0 Å². The van der Waals surface area contributed by atoms with E-state index in [-0.39, 0.29) is 11.4 Å². The number of nitrogens with zero attached hydrogens (tertiary/aromatic N) is 2. The number of carboxylic acids is 1. The lowest BCUT2D eigenvalue weighted by Crippen LogP contribution is -2.50. The number of likely N-dealkylation sites (N-methyl/N-ethyl adjacent to an activating group) is 1. The number of rotatable bonds is 6. The first-order valence-corrected chi connectivity index (χ1v) is 6.09. The Morgan fingerprint density at radius 3 is 2.50 bits per heavy atom. The highest BCUT2D eigenvalue weighted by Gasteiger charge is 2.37. The van der Waals surface area contributed by atoms with Gasteiger partial charge in [-0.1, -0.05) is 0 Å². The molecule has 1 aromatic carbocycles. The molecule has 7 heteroatoms. The van der Waals surface area contributed by atoms with Gasteiger partial charge in [0, 0.05) is 6.54 Å². The van der Waals surface area contributed by atoms with Crippen LogP contribution in [0.25, 0.3) is 0 Å². The summed E-state index contributed by atoms with van der Waals surface area (Å²) in [5.74, 6) is -0.700. The third-order valence-electron chi connectivity index (χ3n) is 3.18. The van der Waals surface area contributed by atoms with E-state index in [9.17, 15) is 20.0 Å². The highest BCUT2D eigenvalue weighted by atomic mass is 16.6. The van der Waals surface area contributed by atoms with Crippen LogP contribution in [0.5, 0.6) is 5.75 Å². The van der Waals surface area contributed by atoms with Gasteiger partial charge < -0.3 is 14.7 Å². The zero-order valence-corrected chi connectivity index (χ0v) is 11.9. The second-order valence-corrected chi connectivity index (χ2v) is 4.72. The van der Waals surface area contributed by atoms with Crippen LogP contribution in [0, 0.1) is 10.1 Å². The van der Waals surface area contributed by atoms with E-state index >= 15 is 0 Å². The predicted molar refractivity (Wildman–Crippen MR) is 74.4 cm³/mol. The Balaban J connectivity index is 3.43. The van der Waals surface area contributed by atoms with Gasteiger partial charge in [-0.2, -0.15) is 0 Å². The molecule has 0 fully saturated rings. The van der Waals surface area contributed by atoms with Crippen molar-refractivity contribution in [3.8, 4) is 5.75 Å². The Morgan fingerprint density at radius 2 is 2.10 bits per heavy atom. The Hall–Kier alpha value is -2.31. The van der Waals surface area contributed by atoms with E-state index in [1.807, 2.05) is 0 Å². The molecular formula is C13H18N2O5. The van der Waals surface area contributed by atoms with Crippen molar-refractivity contribution < 1.29 is 19.6 Å². The molecule has 0 saturated heterocycles. The van der Waals surface area contributed by atoms with E-state index in [4.69, 9.17) is 4.74 Å². The van der Waals surface area contributed by atoms with E-state index < -0.39 is 16.4 Å². The van der Waals surface area contributed by atoms with Crippen molar-refractivity contribution in [3.63, 3.8) is 0 Å². The lowest BCUT2D eigenvalue weighted by molar-refractivity contribution is -0.384. The molecule has 0 atom stereocenters. The summed E-state index contributed by atoms with van der Waals surface area (Å²) in [4.78, 5) is 23.5. The maximum Gasteiger partial charge on any atom is 0.328 e. The minimum absolute atomic E-state index is 0.180. The first-order chi connectivity index (χ1) is 9.25. The molecule has 7 nitrogen and oxygen atoms in total. The number of hydrogen-bond acceptors (Lipinski definition) is 5. The summed E-state index contributed by atoms with van der Waals surface area (Å²) < 4.78 is 4.97. The van der Waals surface area contributed by atoms with E-state index in [0.29, 0.717) is 12.3 Å². The molecule has 0 aromatic heterocycles. The molecule has 0 unspecified atom stereocenters. The van der Waals surface area contributed by atoms with E-state index in [2.05, 4.69) is 0 Å². The smallest absolute Gasteiger partial charge is 0.328 e. The van der Waals surface area contributed by atoms with Gasteiger partial charge in [0.15, 0.2) is 0 Å². The number of aliphatic carboxylic acids is 1. The van der Waals surface area contributed by atoms with Gasteiger partial charge >= 0.3 is 5.97 Å². The standard InChI is InChI=1S/C13H18N2O5/c1-5-14(13(2,3)12(16)17)10-7-6-9(20-4)8-11(10)15(18)19/h6-8H,5H2,1-4H3,(H,16,17). The van der Waals surface area contributed by atoms with Crippen molar-refractivity contribution in [2.45, 2.75) is 26.3 Å². The van der Waals surface area contributed by atoms with Gasteiger partial charge in [-0.15, -0.1) is 0 Å². The van der Waals surface area contributed by atoms with Crippen LogP contribution < -0.4 is 9.64 Å². The van der Waals surface area contributed by atoms with Gasteiger partial charge in [-0.3, -0.25) is 10.1 Å². The van der Waals surface area contributed by atoms with E-state index in [1.54, 1.807) is 13.0 Å². The maximum absolute atomic E-state index is 11.4. The summed E-state index contributed by atoms with van der Waals surface area (Å²) in [5, 5.41) is 20.5. The molecule has 0 aliphatic heterocycles. The molecule has 1 N–H and O–H groups in total. The van der Waals surface area contributed by atoms with Crippen LogP contribution in [0.1, 0.15) is 20.8 Å². The number of nitro groups is 1. The summed E-state index contributed by atoms with van der Waals surface area (Å²) >= 11 is 0. The molecule has 0 aliphatic rings. The highest BCUT2D eigenvalue weighted by molar-refractivity contribution is 5.84. The van der Waals surface area contributed by atoms with Crippen molar-refractivity contribution in [1.29, 1.82) is 0 Å². The zero-order valence-electron chi connectivity index (χ0n) is 11.9. The SMILES string of the molecule is CCN(c1ccc(OC)cc1[N+](=O)[O-])C(C)(C)C(=O)O. The predicted octanol–water partition coefficient (Wildman–Crippen LogP) is 2.29. The molecule has 0 heterocycles. The molecule has 0 spiro atoms. The number of benzene rings is 1. The highest BCUT2D eigenvalue weighted by Crippen LogP contribution is 2.35. The molecule has 110 valence electrons. The van der Waals surface area contributed by atoms with E-state index in [1.165, 1.54) is 38.0 Å². The Morgan fingerprint density at radius 1 is 1.50 bits per heavy atom. The van der Waals surface area contributed by atoms with Crippen LogP contribution in [0.2, 0.25) is 0 Å². The topological polar surface area (TPSA) is 92.9 Å². The summed E-state index contributed by atoms with van der Waals surface area (Å²) in [6.45, 7) is 5.09. The van der Waals surface area contributed by atoms with Gasteiger partial charge in [0.05, 0.1) is 18.1 Å². The van der Waals surface area contributed by atoms with Crippen LogP contribution in [-0.2, 0) is 4.79 Å². The second-order valence-electron chi connectivity index (χ2n) is 4.72. The van der Waals surface area contributed by atoms with Gasteiger partial charge in [0.25, 0.3) is 5.69 Å². The number of ether oxygens (including phenoxy) is 1. The molecule has 20 heavy (non-hydrogen) atoms. The van der Waals surface area contributed by atoms with Gasteiger partial charge in [0.2, 0.25) is 0 Å². The first-order valence-electron chi connectivity index (χ1n) is 6.09. The Kier molecular flexibility index (Phi) is 4.54. The fourth-order valence-corrected chi connectivity index (χ4v) is 1.99. The second kappa shape index (κ2) is 5.77. The fraction of sp³-hybridized carbons (Fsp3) is 0.462. The first kappa shape index (κ1) is 15.7. The third-order valence-corrected chi connectivity index (χ3v) is 3.18. The van der Waals surface area contributed by atoms with Crippen LogP contribution in [-0.4, -0.2) is 35.2 Å². The van der Waals surface area contributed by atoms with Gasteiger partial charge in [-0.05, 0) is 32.9 Å². The molecule has 0 aliphatic carbocycles. The van der Waals surface area contributed by atoms with Crippen molar-refractivity contribution in [2.75, 3.05) is 18.6 Å². The van der Waals surface area contributed by atoms with Crippen LogP contribution >= 0.6 is 0 Å². The normalized spacial score (nSPS) is 11.0. The fourth-order valence-electron chi connectivity index (χ4n) is 1.99. The summed E-state index contributed by atoms with van der Waals surface area (Å²) in [6.07, 6.45) is 0. The number of anilines is 1. The number of carboxylic acid groups (broad SMARTS) is 1. The molecule has 0 amide bonds. The quantitative estimate of drug-likeness (QED) is 0.635. The maximum atomic E-state index is 11.4. The minimum Gasteiger partial charge on any atom is -0.496 e. The number of nitro benzene ring substituents is 1. The summed E-state index contributed by atoms with van der Waals surface area (Å²) in [5.41, 5.74) is -1.18. The van der Waals surface area contributed by atoms with E-state index in [0.717, 1.165) is 0 Å². The third kappa shape index (κ3) is 2.81. The molecule has 1 rings (SSSR count). The largest absolute Gasteiger partial charge is 0.496 e. The molecule has 0 bridgehead atoms. The van der Waals surface area contributed by atoms with Crippen molar-refractivity contribution >= 4 is 17.3 Å². The lowest BCUT2D eigenvalue weighted by atomic mass is 10.0. The van der Waals surface area contributed by atoms with Crippen molar-refractivity contribution in [2.24, 2.45) is 0 Å². The molecular weight excluding hydrogens is 264 g/mol. The minimum atomic E-state index is -1.26. The molecule has 0 radical (unpaired) electrons. The monoisotopic (exact) mass is 282 g/mol. The molecule has 1 aromatic rings. The van der Waals surface area contributed by atoms with Crippen molar-refractivity contribution in [1.82, 2.24) is 0 Å². The van der Waals surface area contributed by atoms with Crippen LogP contribution in [0.15, 0.2) is 18.2 Å².